The first-order chi connectivity index (χ1) is 8.86. The zero-order valence-electron chi connectivity index (χ0n) is 11.6. The van der Waals surface area contributed by atoms with Crippen molar-refractivity contribution in [2.75, 3.05) is 6.54 Å². The van der Waals surface area contributed by atoms with E-state index in [9.17, 15) is 8.42 Å². The Labute approximate surface area is 115 Å². The minimum Gasteiger partial charge on any atom is -0.211 e. The average Bonchev–Trinajstić information content (AvgIpc) is 2.34. The van der Waals surface area contributed by atoms with Crippen LogP contribution in [0.4, 0.5) is 0 Å². The Morgan fingerprint density at radius 2 is 1.84 bits per heavy atom. The predicted octanol–water partition coefficient (Wildman–Crippen LogP) is 2.46. The Kier molecular flexibility index (Phi) is 5.52. The molecule has 1 N–H and O–H groups in total. The van der Waals surface area contributed by atoms with Crippen LogP contribution >= 0.6 is 0 Å². The summed E-state index contributed by atoms with van der Waals surface area (Å²) in [7, 11) is -3.47. The van der Waals surface area contributed by atoms with Gasteiger partial charge in [0.15, 0.2) is 0 Å². The second-order valence-corrected chi connectivity index (χ2v) is 6.75. The number of hydrogen-bond donors (Lipinski definition) is 1. The van der Waals surface area contributed by atoms with Crippen molar-refractivity contribution in [1.82, 2.24) is 4.72 Å². The monoisotopic (exact) mass is 280 g/mol. The fraction of sp³-hybridized carbons (Fsp3) is 0.500. The largest absolute Gasteiger partial charge is 0.240 e. The molecule has 0 aliphatic rings. The van der Waals surface area contributed by atoms with E-state index in [-0.39, 0.29) is 23.3 Å². The van der Waals surface area contributed by atoms with Crippen molar-refractivity contribution in [2.45, 2.75) is 32.1 Å². The van der Waals surface area contributed by atoms with Crippen LogP contribution in [0.2, 0.25) is 0 Å². The molecule has 1 atom stereocenters. The van der Waals surface area contributed by atoms with Gasteiger partial charge in [0.1, 0.15) is 0 Å². The fourth-order valence-electron chi connectivity index (χ4n) is 1.70. The quantitative estimate of drug-likeness (QED) is 0.870. The van der Waals surface area contributed by atoms with Crippen molar-refractivity contribution in [3.05, 3.63) is 29.8 Å². The SMILES string of the molecule is Cc1ccc(S(=O)(=O)NCC[C@H](C#N)C(C)C)cc1. The first kappa shape index (κ1) is 15.7. The lowest BCUT2D eigenvalue weighted by atomic mass is 9.94. The first-order valence-electron chi connectivity index (χ1n) is 6.33. The van der Waals surface area contributed by atoms with Gasteiger partial charge < -0.3 is 0 Å². The van der Waals surface area contributed by atoms with Gasteiger partial charge in [0.05, 0.1) is 11.0 Å². The van der Waals surface area contributed by atoms with Gasteiger partial charge in [-0.15, -0.1) is 0 Å². The number of benzene rings is 1. The van der Waals surface area contributed by atoms with E-state index in [0.29, 0.717) is 6.42 Å². The third kappa shape index (κ3) is 4.66. The van der Waals surface area contributed by atoms with Crippen LogP contribution in [0.3, 0.4) is 0 Å². The summed E-state index contributed by atoms with van der Waals surface area (Å²) in [6.07, 6.45) is 0.527. The van der Waals surface area contributed by atoms with E-state index in [1.54, 1.807) is 24.3 Å². The molecule has 0 fully saturated rings. The maximum atomic E-state index is 12.0. The molecule has 104 valence electrons. The van der Waals surface area contributed by atoms with Crippen molar-refractivity contribution in [3.63, 3.8) is 0 Å². The van der Waals surface area contributed by atoms with Gasteiger partial charge in [0, 0.05) is 12.5 Å². The standard InChI is InChI=1S/C14H20N2O2S/c1-11(2)13(10-15)8-9-16-19(17,18)14-6-4-12(3)5-7-14/h4-7,11,13,16H,8-9H2,1-3H3/t13-/m1/s1. The molecule has 0 radical (unpaired) electrons. The van der Waals surface area contributed by atoms with E-state index in [2.05, 4.69) is 10.8 Å². The number of nitrogens with one attached hydrogen (secondary N) is 1. The van der Waals surface area contributed by atoms with Gasteiger partial charge in [0.25, 0.3) is 0 Å². The highest BCUT2D eigenvalue weighted by Gasteiger charge is 2.16. The molecule has 0 saturated carbocycles. The first-order valence-corrected chi connectivity index (χ1v) is 7.81. The molecule has 4 nitrogen and oxygen atoms in total. The van der Waals surface area contributed by atoms with Gasteiger partial charge in [-0.25, -0.2) is 13.1 Å². The molecule has 0 amide bonds. The Bertz CT molecular complexity index is 542. The number of nitriles is 1. The van der Waals surface area contributed by atoms with E-state index in [1.165, 1.54) is 0 Å². The third-order valence-electron chi connectivity index (χ3n) is 3.05. The Morgan fingerprint density at radius 3 is 2.32 bits per heavy atom. The summed E-state index contributed by atoms with van der Waals surface area (Å²) in [4.78, 5) is 0.260. The Hall–Kier alpha value is -1.38. The van der Waals surface area contributed by atoms with Crippen molar-refractivity contribution in [2.24, 2.45) is 11.8 Å². The summed E-state index contributed by atoms with van der Waals surface area (Å²) >= 11 is 0. The maximum Gasteiger partial charge on any atom is 0.240 e. The minimum absolute atomic E-state index is 0.124. The highest BCUT2D eigenvalue weighted by Crippen LogP contribution is 2.14. The van der Waals surface area contributed by atoms with Crippen LogP contribution in [0.1, 0.15) is 25.8 Å². The maximum absolute atomic E-state index is 12.0. The molecule has 0 unspecified atom stereocenters. The lowest BCUT2D eigenvalue weighted by Crippen LogP contribution is -2.26. The number of hydrogen-bond acceptors (Lipinski definition) is 3. The van der Waals surface area contributed by atoms with E-state index >= 15 is 0 Å². The molecule has 0 aromatic heterocycles. The highest BCUT2D eigenvalue weighted by molar-refractivity contribution is 7.89. The normalized spacial score (nSPS) is 13.2. The molecule has 0 heterocycles. The average molecular weight is 280 g/mol. The number of sulfonamides is 1. The smallest absolute Gasteiger partial charge is 0.211 e. The van der Waals surface area contributed by atoms with Gasteiger partial charge in [-0.1, -0.05) is 31.5 Å². The van der Waals surface area contributed by atoms with Crippen LogP contribution in [-0.2, 0) is 10.0 Å². The molecule has 0 aliphatic carbocycles. The minimum atomic E-state index is -3.47. The van der Waals surface area contributed by atoms with Gasteiger partial charge in [-0.2, -0.15) is 5.26 Å². The highest BCUT2D eigenvalue weighted by atomic mass is 32.2. The van der Waals surface area contributed by atoms with Crippen molar-refractivity contribution in [3.8, 4) is 6.07 Å². The van der Waals surface area contributed by atoms with Gasteiger partial charge >= 0.3 is 0 Å². The fourth-order valence-corrected chi connectivity index (χ4v) is 2.74. The summed E-state index contributed by atoms with van der Waals surface area (Å²) in [5, 5.41) is 8.95. The summed E-state index contributed by atoms with van der Waals surface area (Å²) in [6, 6.07) is 8.90. The second kappa shape index (κ2) is 6.69. The summed E-state index contributed by atoms with van der Waals surface area (Å²) in [5.41, 5.74) is 1.02. The molecule has 0 spiro atoms. The van der Waals surface area contributed by atoms with Gasteiger partial charge in [-0.3, -0.25) is 0 Å². The topological polar surface area (TPSA) is 70.0 Å². The molecule has 0 aliphatic heterocycles. The van der Waals surface area contributed by atoms with E-state index in [1.807, 2.05) is 20.8 Å². The molecule has 1 rings (SSSR count). The predicted molar refractivity (Wildman–Crippen MR) is 74.9 cm³/mol. The Balaban J connectivity index is 2.62. The van der Waals surface area contributed by atoms with Crippen molar-refractivity contribution < 1.29 is 8.42 Å². The van der Waals surface area contributed by atoms with Crippen LogP contribution < -0.4 is 4.72 Å². The Morgan fingerprint density at radius 1 is 1.26 bits per heavy atom. The summed E-state index contributed by atoms with van der Waals surface area (Å²) in [5.74, 6) is 0.106. The van der Waals surface area contributed by atoms with Crippen molar-refractivity contribution >= 4 is 10.0 Å². The number of rotatable bonds is 6. The number of nitrogens with zero attached hydrogens (tertiary/aromatic N) is 1. The van der Waals surface area contributed by atoms with Crippen LogP contribution in [0, 0.1) is 30.1 Å². The molecule has 1 aromatic rings. The number of aryl methyl sites for hydroxylation is 1. The van der Waals surface area contributed by atoms with Crippen molar-refractivity contribution in [1.29, 1.82) is 5.26 Å². The van der Waals surface area contributed by atoms with E-state index < -0.39 is 10.0 Å². The molecule has 5 heteroatoms. The summed E-state index contributed by atoms with van der Waals surface area (Å²) in [6.45, 7) is 6.11. The molecule has 0 bridgehead atoms. The van der Waals surface area contributed by atoms with E-state index in [4.69, 9.17) is 5.26 Å². The zero-order chi connectivity index (χ0) is 14.5. The second-order valence-electron chi connectivity index (χ2n) is 4.98. The lowest BCUT2D eigenvalue weighted by molar-refractivity contribution is 0.444. The van der Waals surface area contributed by atoms with Gasteiger partial charge in [-0.05, 0) is 31.4 Å². The molecule has 19 heavy (non-hydrogen) atoms. The van der Waals surface area contributed by atoms with E-state index in [0.717, 1.165) is 5.56 Å². The molecule has 0 saturated heterocycles. The summed E-state index contributed by atoms with van der Waals surface area (Å²) < 4.78 is 26.5. The van der Waals surface area contributed by atoms with Crippen LogP contribution in [-0.4, -0.2) is 15.0 Å². The molecule has 1 aromatic carbocycles. The molecular weight excluding hydrogens is 260 g/mol. The lowest BCUT2D eigenvalue weighted by Gasteiger charge is -2.13. The van der Waals surface area contributed by atoms with Gasteiger partial charge in [0.2, 0.25) is 10.0 Å². The molecular formula is C14H20N2O2S. The van der Waals surface area contributed by atoms with Crippen LogP contribution in [0.25, 0.3) is 0 Å². The van der Waals surface area contributed by atoms with Crippen LogP contribution in [0.15, 0.2) is 29.2 Å². The zero-order valence-corrected chi connectivity index (χ0v) is 12.4. The van der Waals surface area contributed by atoms with Crippen LogP contribution in [0.5, 0.6) is 0 Å². The third-order valence-corrected chi connectivity index (χ3v) is 4.53.